The van der Waals surface area contributed by atoms with Gasteiger partial charge in [0.25, 0.3) is 10.0 Å². The van der Waals surface area contributed by atoms with Crippen LogP contribution < -0.4 is 4.72 Å². The molecular formula is C20H13ClF2N4O3S. The lowest BCUT2D eigenvalue weighted by Gasteiger charge is -2.12. The first-order valence-corrected chi connectivity index (χ1v) is 10.6. The number of aromatic amines is 1. The van der Waals surface area contributed by atoms with E-state index in [1.54, 1.807) is 19.1 Å². The number of H-pyrrole nitrogens is 1. The molecule has 2 heterocycles. The SMILES string of the molecule is Cc1ccc(S(=O)(=O)Nc2ccc(F)c(C(=O)c3c[nH]c4ncnc(Cl)c34)c2F)cc1. The van der Waals surface area contributed by atoms with Crippen LogP contribution in [0.25, 0.3) is 11.0 Å². The third-order valence-electron chi connectivity index (χ3n) is 4.56. The van der Waals surface area contributed by atoms with Gasteiger partial charge < -0.3 is 4.98 Å². The second-order valence-electron chi connectivity index (χ2n) is 6.62. The van der Waals surface area contributed by atoms with Crippen molar-refractivity contribution >= 4 is 44.1 Å². The Kier molecular flexibility index (Phi) is 5.19. The van der Waals surface area contributed by atoms with Crippen molar-refractivity contribution in [2.75, 3.05) is 4.72 Å². The number of hydrogen-bond donors (Lipinski definition) is 2. The van der Waals surface area contributed by atoms with Crippen LogP contribution in [0.3, 0.4) is 0 Å². The van der Waals surface area contributed by atoms with Crippen molar-refractivity contribution in [3.8, 4) is 0 Å². The molecule has 7 nitrogen and oxygen atoms in total. The summed E-state index contributed by atoms with van der Waals surface area (Å²) in [5.74, 6) is -3.57. The van der Waals surface area contributed by atoms with E-state index in [0.717, 1.165) is 24.0 Å². The van der Waals surface area contributed by atoms with Gasteiger partial charge in [0, 0.05) is 6.20 Å². The lowest BCUT2D eigenvalue weighted by Crippen LogP contribution is -2.16. The Morgan fingerprint density at radius 3 is 2.52 bits per heavy atom. The second-order valence-corrected chi connectivity index (χ2v) is 8.66. The summed E-state index contributed by atoms with van der Waals surface area (Å²) in [6.45, 7) is 1.78. The van der Waals surface area contributed by atoms with Crippen molar-refractivity contribution in [3.63, 3.8) is 0 Å². The number of anilines is 1. The van der Waals surface area contributed by atoms with Crippen molar-refractivity contribution in [2.24, 2.45) is 0 Å². The average Bonchev–Trinajstić information content (AvgIpc) is 3.16. The van der Waals surface area contributed by atoms with E-state index in [2.05, 4.69) is 19.7 Å². The van der Waals surface area contributed by atoms with E-state index in [0.29, 0.717) is 0 Å². The van der Waals surface area contributed by atoms with Crippen LogP contribution in [0.5, 0.6) is 0 Å². The van der Waals surface area contributed by atoms with Gasteiger partial charge in [-0.25, -0.2) is 27.2 Å². The van der Waals surface area contributed by atoms with Gasteiger partial charge in [-0.2, -0.15) is 0 Å². The molecule has 158 valence electrons. The maximum Gasteiger partial charge on any atom is 0.261 e. The zero-order valence-corrected chi connectivity index (χ0v) is 17.4. The molecule has 0 unspecified atom stereocenters. The lowest BCUT2D eigenvalue weighted by molar-refractivity contribution is 0.103. The maximum absolute atomic E-state index is 15.1. The zero-order valence-electron chi connectivity index (χ0n) is 15.8. The van der Waals surface area contributed by atoms with E-state index < -0.39 is 38.7 Å². The molecule has 0 aliphatic rings. The number of aromatic nitrogens is 3. The molecule has 2 aromatic heterocycles. The van der Waals surface area contributed by atoms with Gasteiger partial charge >= 0.3 is 0 Å². The Morgan fingerprint density at radius 2 is 1.81 bits per heavy atom. The fourth-order valence-corrected chi connectivity index (χ4v) is 4.29. The zero-order chi connectivity index (χ0) is 22.3. The Labute approximate surface area is 180 Å². The normalized spacial score (nSPS) is 11.6. The first-order valence-electron chi connectivity index (χ1n) is 8.79. The molecule has 2 N–H and O–H groups in total. The molecule has 0 aliphatic carbocycles. The Morgan fingerprint density at radius 1 is 1.10 bits per heavy atom. The van der Waals surface area contributed by atoms with Crippen LogP contribution in [0.4, 0.5) is 14.5 Å². The Balaban J connectivity index is 1.77. The Hall–Kier alpha value is -3.37. The quantitative estimate of drug-likeness (QED) is 0.341. The molecule has 11 heteroatoms. The number of benzene rings is 2. The van der Waals surface area contributed by atoms with Crippen molar-refractivity contribution in [1.82, 2.24) is 15.0 Å². The number of fused-ring (bicyclic) bond motifs is 1. The number of hydrogen-bond acceptors (Lipinski definition) is 5. The summed E-state index contributed by atoms with van der Waals surface area (Å²) < 4.78 is 56.8. The highest BCUT2D eigenvalue weighted by Gasteiger charge is 2.27. The molecular weight excluding hydrogens is 450 g/mol. The summed E-state index contributed by atoms with van der Waals surface area (Å²) >= 11 is 6.01. The lowest BCUT2D eigenvalue weighted by atomic mass is 10.0. The van der Waals surface area contributed by atoms with Crippen LogP contribution in [0.15, 0.2) is 53.8 Å². The molecule has 4 aromatic rings. The molecule has 0 saturated carbocycles. The predicted molar refractivity (Wildman–Crippen MR) is 111 cm³/mol. The topological polar surface area (TPSA) is 105 Å². The first-order chi connectivity index (χ1) is 14.7. The van der Waals surface area contributed by atoms with Gasteiger partial charge in [-0.3, -0.25) is 9.52 Å². The van der Waals surface area contributed by atoms with Crippen molar-refractivity contribution < 1.29 is 22.0 Å². The number of carbonyl (C=O) groups is 1. The summed E-state index contributed by atoms with van der Waals surface area (Å²) in [5, 5.41) is 0.0188. The minimum absolute atomic E-state index is 0.0772. The number of carbonyl (C=O) groups excluding carboxylic acids is 1. The van der Waals surface area contributed by atoms with Gasteiger partial charge in [0.2, 0.25) is 5.78 Å². The summed E-state index contributed by atoms with van der Waals surface area (Å²) in [7, 11) is -4.17. The van der Waals surface area contributed by atoms with Gasteiger partial charge in [0.05, 0.1) is 27.1 Å². The number of rotatable bonds is 5. The summed E-state index contributed by atoms with van der Waals surface area (Å²) in [4.78, 5) is 23.2. The maximum atomic E-state index is 15.1. The molecule has 0 radical (unpaired) electrons. The average molecular weight is 463 g/mol. The van der Waals surface area contributed by atoms with Crippen LogP contribution in [0.1, 0.15) is 21.5 Å². The summed E-state index contributed by atoms with van der Waals surface area (Å²) in [5.41, 5.74) is -0.629. The van der Waals surface area contributed by atoms with Gasteiger partial charge in [0.15, 0.2) is 5.82 Å². The van der Waals surface area contributed by atoms with Gasteiger partial charge in [-0.1, -0.05) is 29.3 Å². The van der Waals surface area contributed by atoms with Crippen LogP contribution in [0.2, 0.25) is 5.15 Å². The standard InChI is InChI=1S/C20H13ClF2N4O3S/c1-10-2-4-11(5-3-10)31(29,30)27-14-7-6-13(22)16(17(14)23)18(28)12-8-24-20-15(12)19(21)25-9-26-20/h2-9,27H,1H3,(H,24,25,26). The van der Waals surface area contributed by atoms with E-state index >= 15 is 4.39 Å². The van der Waals surface area contributed by atoms with Crippen LogP contribution in [-0.4, -0.2) is 29.2 Å². The second kappa shape index (κ2) is 7.71. The minimum Gasteiger partial charge on any atom is -0.345 e. The summed E-state index contributed by atoms with van der Waals surface area (Å²) in [6, 6.07) is 7.55. The number of sulfonamides is 1. The third kappa shape index (κ3) is 3.75. The van der Waals surface area contributed by atoms with Gasteiger partial charge in [-0.15, -0.1) is 0 Å². The molecule has 0 atom stereocenters. The van der Waals surface area contributed by atoms with Crippen LogP contribution in [-0.2, 0) is 10.0 Å². The summed E-state index contributed by atoms with van der Waals surface area (Å²) in [6.07, 6.45) is 2.37. The van der Waals surface area contributed by atoms with E-state index in [1.165, 1.54) is 18.3 Å². The van der Waals surface area contributed by atoms with Crippen molar-refractivity contribution in [3.05, 3.63) is 82.4 Å². The van der Waals surface area contributed by atoms with Gasteiger partial charge in [-0.05, 0) is 31.2 Å². The molecule has 0 amide bonds. The van der Waals surface area contributed by atoms with Gasteiger partial charge in [0.1, 0.15) is 22.9 Å². The molecule has 0 spiro atoms. The van der Waals surface area contributed by atoms with E-state index in [9.17, 15) is 17.6 Å². The fraction of sp³-hybridized carbons (Fsp3) is 0.0500. The van der Waals surface area contributed by atoms with E-state index in [4.69, 9.17) is 11.6 Å². The molecule has 0 aliphatic heterocycles. The molecule has 0 bridgehead atoms. The monoisotopic (exact) mass is 462 g/mol. The van der Waals surface area contributed by atoms with Crippen molar-refractivity contribution in [1.29, 1.82) is 0 Å². The number of aryl methyl sites for hydroxylation is 1. The number of halogens is 3. The number of nitrogens with zero attached hydrogens (tertiary/aromatic N) is 2. The highest BCUT2D eigenvalue weighted by atomic mass is 35.5. The highest BCUT2D eigenvalue weighted by Crippen LogP contribution is 2.30. The largest absolute Gasteiger partial charge is 0.345 e. The molecule has 0 fully saturated rings. The minimum atomic E-state index is -4.17. The first kappa shape index (κ1) is 20.9. The number of nitrogens with one attached hydrogen (secondary N) is 2. The fourth-order valence-electron chi connectivity index (χ4n) is 3.00. The Bertz CT molecular complexity index is 1440. The highest BCUT2D eigenvalue weighted by molar-refractivity contribution is 7.92. The predicted octanol–water partition coefficient (Wildman–Crippen LogP) is 4.23. The smallest absolute Gasteiger partial charge is 0.261 e. The van der Waals surface area contributed by atoms with E-state index in [-0.39, 0.29) is 26.6 Å². The third-order valence-corrected chi connectivity index (χ3v) is 6.23. The van der Waals surface area contributed by atoms with Crippen LogP contribution >= 0.6 is 11.6 Å². The molecule has 31 heavy (non-hydrogen) atoms. The van der Waals surface area contributed by atoms with Crippen molar-refractivity contribution in [2.45, 2.75) is 11.8 Å². The molecule has 0 saturated heterocycles. The molecule has 2 aromatic carbocycles. The van der Waals surface area contributed by atoms with E-state index in [1.807, 2.05) is 0 Å². The molecule has 4 rings (SSSR count). The van der Waals surface area contributed by atoms with Crippen LogP contribution in [0, 0.1) is 18.6 Å². The number of ketones is 1.